The fourth-order valence-electron chi connectivity index (χ4n) is 3.90. The monoisotopic (exact) mass is 652 g/mol. The third kappa shape index (κ3) is 6.89. The number of amides is 3. The summed E-state index contributed by atoms with van der Waals surface area (Å²) in [6, 6.07) is 0.699. The number of carbonyl (C=O) groups excluding carboxylic acids is 3. The molecule has 0 aliphatic carbocycles. The molecule has 42 heavy (non-hydrogen) atoms. The molecule has 0 spiro atoms. The summed E-state index contributed by atoms with van der Waals surface area (Å²) < 4.78 is 0. The molecule has 2 aromatic rings. The van der Waals surface area contributed by atoms with Gasteiger partial charge in [0, 0.05) is 44.8 Å². The van der Waals surface area contributed by atoms with Crippen molar-refractivity contribution in [3.05, 3.63) is 45.7 Å². The molecule has 0 radical (unpaired) electrons. The minimum atomic E-state index is -1.29. The molecule has 0 aromatic carbocycles. The van der Waals surface area contributed by atoms with Crippen LogP contribution in [0.1, 0.15) is 11.3 Å². The van der Waals surface area contributed by atoms with Crippen molar-refractivity contribution in [2.45, 2.75) is 28.2 Å². The van der Waals surface area contributed by atoms with Gasteiger partial charge in [-0.3, -0.25) is 24.3 Å². The number of thiazole rings is 1. The number of aliphatic carboxylic acids is 1. The number of carbonyl (C=O) groups is 4. The van der Waals surface area contributed by atoms with Crippen LogP contribution in [0.5, 0.6) is 0 Å². The average Bonchev–Trinajstić information content (AvgIpc) is 3.37. The lowest BCUT2D eigenvalue weighted by Crippen LogP contribution is -2.71. The first-order valence-corrected chi connectivity index (χ1v) is 15.7. The highest BCUT2D eigenvalue weighted by atomic mass is 32.2. The van der Waals surface area contributed by atoms with Gasteiger partial charge in [0.15, 0.2) is 16.8 Å². The number of fused-ring (bicyclic) bond motifs is 1. The number of guanidine groups is 1. The van der Waals surface area contributed by atoms with E-state index >= 15 is 0 Å². The van der Waals surface area contributed by atoms with E-state index in [2.05, 4.69) is 30.7 Å². The minimum absolute atomic E-state index is 0.0420. The predicted molar refractivity (Wildman–Crippen MR) is 160 cm³/mol. The second kappa shape index (κ2) is 13.8. The van der Waals surface area contributed by atoms with Crippen molar-refractivity contribution in [2.75, 3.05) is 17.2 Å². The number of pyridine rings is 1. The van der Waals surface area contributed by atoms with E-state index in [0.717, 1.165) is 26.7 Å². The van der Waals surface area contributed by atoms with Crippen molar-refractivity contribution in [1.82, 2.24) is 25.5 Å². The van der Waals surface area contributed by atoms with E-state index in [1.807, 2.05) is 0 Å². The molecule has 2 aliphatic heterocycles. The SMILES string of the molecule is NC(N)=NC(CSCc1cnccc1SC1=C(C(=O)O)N2C(=O)[C@@H](NC(=O)/C(=N\O)c3csc(N)n3)[C@@H]2SC1)NC=O. The molecular formula is C22H24N10O6S4. The number of nitrogens with one attached hydrogen (secondary N) is 2. The molecule has 4 heterocycles. The third-order valence-corrected chi connectivity index (χ3v) is 10.1. The van der Waals surface area contributed by atoms with Gasteiger partial charge in [-0.1, -0.05) is 16.9 Å². The van der Waals surface area contributed by atoms with Gasteiger partial charge in [-0.15, -0.1) is 23.1 Å². The van der Waals surface area contributed by atoms with Crippen LogP contribution in [0.2, 0.25) is 0 Å². The van der Waals surface area contributed by atoms with Crippen LogP contribution in [-0.2, 0) is 24.9 Å². The van der Waals surface area contributed by atoms with Crippen molar-refractivity contribution >= 4 is 87.6 Å². The molecule has 0 bridgehead atoms. The number of nitrogen functional groups attached to an aromatic ring is 1. The number of hydrogen-bond acceptors (Lipinski definition) is 14. The van der Waals surface area contributed by atoms with E-state index in [1.54, 1.807) is 18.5 Å². The van der Waals surface area contributed by atoms with Gasteiger partial charge in [0.25, 0.3) is 11.8 Å². The number of rotatable bonds is 13. The van der Waals surface area contributed by atoms with Gasteiger partial charge >= 0.3 is 5.97 Å². The second-order valence-corrected chi connectivity index (χ2v) is 12.6. The zero-order valence-electron chi connectivity index (χ0n) is 21.4. The number of nitrogens with zero attached hydrogens (tertiary/aromatic N) is 5. The Morgan fingerprint density at radius 3 is 2.79 bits per heavy atom. The zero-order chi connectivity index (χ0) is 30.4. The zero-order valence-corrected chi connectivity index (χ0v) is 24.6. The molecule has 1 fully saturated rings. The van der Waals surface area contributed by atoms with Crippen LogP contribution >= 0.6 is 46.6 Å². The van der Waals surface area contributed by atoms with Crippen LogP contribution in [0, 0.1) is 0 Å². The summed E-state index contributed by atoms with van der Waals surface area (Å²) in [6.45, 7) is 0. The van der Waals surface area contributed by atoms with Crippen LogP contribution < -0.4 is 27.8 Å². The molecule has 222 valence electrons. The van der Waals surface area contributed by atoms with E-state index in [4.69, 9.17) is 17.2 Å². The lowest BCUT2D eigenvalue weighted by atomic mass is 10.0. The third-order valence-electron chi connectivity index (χ3n) is 5.69. The standard InChI is InChI=1S/C22H24N10O6S4/c23-21(24)29-13(27-8-33)7-39-4-9-3-26-2-1-11(9)42-12-6-40-19-15(18(35)32(19)16(12)20(36)37)30-17(34)14(31-38)10-5-41-22(25)28-10/h1-3,5,8,13,15,19,38H,4,6-7H2,(H2,25,28)(H,27,33)(H,30,34)(H,36,37)(H4,23,24,29)/b31-14-/t13?,15-,19+/m1/s1. The quantitative estimate of drug-likeness (QED) is 0.0355. The van der Waals surface area contributed by atoms with Crippen LogP contribution in [0.3, 0.4) is 0 Å². The number of oxime groups is 1. The predicted octanol–water partition coefficient (Wildman–Crippen LogP) is -0.634. The van der Waals surface area contributed by atoms with Gasteiger partial charge in [-0.05, 0) is 11.6 Å². The first-order valence-electron chi connectivity index (χ1n) is 11.8. The molecule has 2 aromatic heterocycles. The number of anilines is 1. The summed E-state index contributed by atoms with van der Waals surface area (Å²) in [6.07, 6.45) is 3.10. The number of carboxylic acid groups (broad SMARTS) is 1. The van der Waals surface area contributed by atoms with E-state index in [9.17, 15) is 29.5 Å². The molecular weight excluding hydrogens is 629 g/mol. The number of aliphatic imine (C=N–C) groups is 1. The fraction of sp³-hybridized carbons (Fsp3) is 0.273. The molecule has 3 amide bonds. The van der Waals surface area contributed by atoms with Gasteiger partial charge in [0.2, 0.25) is 6.41 Å². The van der Waals surface area contributed by atoms with Gasteiger partial charge in [-0.2, -0.15) is 11.8 Å². The molecule has 16 nitrogen and oxygen atoms in total. The summed E-state index contributed by atoms with van der Waals surface area (Å²) in [4.78, 5) is 63.3. The Labute approximate surface area is 254 Å². The summed E-state index contributed by atoms with van der Waals surface area (Å²) in [5.74, 6) is -1.86. The van der Waals surface area contributed by atoms with Crippen LogP contribution in [0.15, 0.2) is 49.5 Å². The van der Waals surface area contributed by atoms with E-state index in [-0.39, 0.29) is 28.2 Å². The van der Waals surface area contributed by atoms with Gasteiger partial charge in [-0.25, -0.2) is 14.8 Å². The number of β-lactam (4-membered cyclic amide) rings is 1. The Morgan fingerprint density at radius 2 is 2.14 bits per heavy atom. The molecule has 1 unspecified atom stereocenters. The number of hydrogen-bond donors (Lipinski definition) is 7. The maximum absolute atomic E-state index is 13.1. The summed E-state index contributed by atoms with van der Waals surface area (Å²) in [5, 5.41) is 28.3. The van der Waals surface area contributed by atoms with Crippen molar-refractivity contribution < 1.29 is 29.5 Å². The lowest BCUT2D eigenvalue weighted by molar-refractivity contribution is -0.150. The number of aromatic nitrogens is 2. The highest BCUT2D eigenvalue weighted by Gasteiger charge is 2.54. The normalized spacial score (nSPS) is 18.9. The average molecular weight is 653 g/mol. The molecule has 0 saturated carbocycles. The number of carboxylic acids is 1. The second-order valence-electron chi connectivity index (χ2n) is 8.41. The minimum Gasteiger partial charge on any atom is -0.477 e. The maximum Gasteiger partial charge on any atom is 0.353 e. The fourth-order valence-corrected chi connectivity index (χ4v) is 8.07. The lowest BCUT2D eigenvalue weighted by Gasteiger charge is -2.49. The van der Waals surface area contributed by atoms with Gasteiger partial charge in [0.05, 0.1) is 0 Å². The van der Waals surface area contributed by atoms with E-state index in [0.29, 0.717) is 22.8 Å². The Balaban J connectivity index is 1.47. The smallest absolute Gasteiger partial charge is 0.353 e. The maximum atomic E-state index is 13.1. The molecule has 10 N–H and O–H groups in total. The molecule has 4 rings (SSSR count). The number of nitrogens with two attached hydrogens (primary N) is 3. The largest absolute Gasteiger partial charge is 0.477 e. The first kappa shape index (κ1) is 30.9. The highest BCUT2D eigenvalue weighted by molar-refractivity contribution is 8.06. The van der Waals surface area contributed by atoms with Crippen LogP contribution in [0.4, 0.5) is 5.13 Å². The molecule has 3 atom stereocenters. The van der Waals surface area contributed by atoms with Crippen LogP contribution in [0.25, 0.3) is 0 Å². The first-order chi connectivity index (χ1) is 20.1. The topological polar surface area (TPSA) is 265 Å². The number of thioether (sulfide) groups is 3. The Morgan fingerprint density at radius 1 is 1.36 bits per heavy atom. The molecule has 1 saturated heterocycles. The summed E-state index contributed by atoms with van der Waals surface area (Å²) >= 11 is 4.96. The van der Waals surface area contributed by atoms with Crippen molar-refractivity contribution in [1.29, 1.82) is 0 Å². The molecule has 2 aliphatic rings. The highest BCUT2D eigenvalue weighted by Crippen LogP contribution is 2.45. The van der Waals surface area contributed by atoms with Crippen molar-refractivity contribution in [3.8, 4) is 0 Å². The Bertz CT molecular complexity index is 1480. The van der Waals surface area contributed by atoms with Crippen molar-refractivity contribution in [2.24, 2.45) is 21.6 Å². The van der Waals surface area contributed by atoms with Gasteiger partial charge < -0.3 is 38.1 Å². The van der Waals surface area contributed by atoms with E-state index in [1.165, 1.54) is 40.7 Å². The summed E-state index contributed by atoms with van der Waals surface area (Å²) in [7, 11) is 0. The summed E-state index contributed by atoms with van der Waals surface area (Å²) in [5.41, 5.74) is 16.6. The van der Waals surface area contributed by atoms with E-state index < -0.39 is 41.1 Å². The van der Waals surface area contributed by atoms with Crippen molar-refractivity contribution in [3.63, 3.8) is 0 Å². The molecule has 20 heteroatoms. The van der Waals surface area contributed by atoms with Crippen LogP contribution in [-0.4, -0.2) is 90.1 Å². The van der Waals surface area contributed by atoms with Gasteiger partial charge in [0.1, 0.15) is 29.0 Å². The Kier molecular flexibility index (Phi) is 10.1. The Hall–Kier alpha value is -4.01.